The fourth-order valence-electron chi connectivity index (χ4n) is 5.44. The maximum atomic E-state index is 5.87. The maximum absolute atomic E-state index is 5.87. The molecule has 0 saturated heterocycles. The van der Waals surface area contributed by atoms with E-state index in [9.17, 15) is 0 Å². The Balaban J connectivity index is 4.06. The van der Waals surface area contributed by atoms with Crippen molar-refractivity contribution in [1.82, 2.24) is 5.32 Å². The summed E-state index contributed by atoms with van der Waals surface area (Å²) in [7, 11) is 0. The molecule has 3 heteroatoms. The van der Waals surface area contributed by atoms with Crippen molar-refractivity contribution < 1.29 is 0 Å². The van der Waals surface area contributed by atoms with Gasteiger partial charge in [0, 0.05) is 12.1 Å². The summed E-state index contributed by atoms with van der Waals surface area (Å²) in [6.07, 6.45) is 35.8. The van der Waals surface area contributed by atoms with E-state index in [1.54, 1.807) is 0 Å². The quantitative estimate of drug-likeness (QED) is 0.0869. The summed E-state index contributed by atoms with van der Waals surface area (Å²) in [5, 5.41) is 4.07. The van der Waals surface area contributed by atoms with Gasteiger partial charge in [-0.2, -0.15) is 0 Å². The van der Waals surface area contributed by atoms with Crippen molar-refractivity contribution in [2.75, 3.05) is 13.1 Å². The van der Waals surface area contributed by atoms with Crippen LogP contribution < -0.4 is 16.8 Å². The minimum atomic E-state index is 0.651. The number of hydrogen-bond acceptors (Lipinski definition) is 3. The lowest BCUT2D eigenvalue weighted by Gasteiger charge is -2.26. The molecule has 0 radical (unpaired) electrons. The van der Waals surface area contributed by atoms with Gasteiger partial charge in [-0.3, -0.25) is 0 Å². The summed E-state index contributed by atoms with van der Waals surface area (Å²) < 4.78 is 0. The minimum Gasteiger partial charge on any atom is -0.330 e. The number of hydrogen-bond donors (Lipinski definition) is 3. The van der Waals surface area contributed by atoms with Crippen molar-refractivity contribution in [3.63, 3.8) is 0 Å². The van der Waals surface area contributed by atoms with Gasteiger partial charge in [0.1, 0.15) is 0 Å². The maximum Gasteiger partial charge on any atom is 0.00701 e. The smallest absolute Gasteiger partial charge is 0.00701 e. The van der Waals surface area contributed by atoms with Crippen molar-refractivity contribution in [2.45, 2.75) is 193 Å². The molecule has 212 valence electrons. The van der Waals surface area contributed by atoms with Gasteiger partial charge in [-0.25, -0.2) is 0 Å². The summed E-state index contributed by atoms with van der Waals surface area (Å²) in [5.41, 5.74) is 11.7. The molecular weight excluding hydrogens is 426 g/mol. The molecule has 5 N–H and O–H groups in total. The summed E-state index contributed by atoms with van der Waals surface area (Å²) in [6.45, 7) is 6.24. The molecule has 0 amide bonds. The molecule has 0 aromatic rings. The van der Waals surface area contributed by atoms with Crippen LogP contribution in [0.1, 0.15) is 181 Å². The zero-order chi connectivity index (χ0) is 25.7. The highest BCUT2D eigenvalue weighted by molar-refractivity contribution is 4.76. The highest BCUT2D eigenvalue weighted by atomic mass is 14.9. The molecule has 35 heavy (non-hydrogen) atoms. The summed E-state index contributed by atoms with van der Waals surface area (Å²) in [4.78, 5) is 0. The second-order valence-corrected chi connectivity index (χ2v) is 11.4. The van der Waals surface area contributed by atoms with Crippen LogP contribution >= 0.6 is 0 Å². The van der Waals surface area contributed by atoms with Crippen molar-refractivity contribution >= 4 is 0 Å². The van der Waals surface area contributed by atoms with Crippen LogP contribution in [-0.2, 0) is 0 Å². The molecule has 0 rings (SSSR count). The first-order chi connectivity index (χ1) is 17.3. The van der Waals surface area contributed by atoms with Crippen LogP contribution in [-0.4, -0.2) is 25.2 Å². The molecule has 0 bridgehead atoms. The molecular formula is C32H69N3. The third-order valence-corrected chi connectivity index (χ3v) is 7.80. The first-order valence-electron chi connectivity index (χ1n) is 16.4. The van der Waals surface area contributed by atoms with Crippen molar-refractivity contribution in [1.29, 1.82) is 0 Å². The largest absolute Gasteiger partial charge is 0.330 e. The van der Waals surface area contributed by atoms with E-state index in [1.165, 1.54) is 154 Å². The molecule has 0 heterocycles. The van der Waals surface area contributed by atoms with Gasteiger partial charge in [0.05, 0.1) is 0 Å². The van der Waals surface area contributed by atoms with Crippen LogP contribution in [0.25, 0.3) is 0 Å². The van der Waals surface area contributed by atoms with E-state index < -0.39 is 0 Å². The molecule has 0 aliphatic rings. The summed E-state index contributed by atoms with van der Waals surface area (Å²) in [5.74, 6) is 0. The molecule has 2 unspecified atom stereocenters. The zero-order valence-corrected chi connectivity index (χ0v) is 24.6. The van der Waals surface area contributed by atoms with Crippen molar-refractivity contribution in [3.8, 4) is 0 Å². The van der Waals surface area contributed by atoms with Gasteiger partial charge in [0.2, 0.25) is 0 Å². The van der Waals surface area contributed by atoms with E-state index in [1.807, 2.05) is 0 Å². The second kappa shape index (κ2) is 30.1. The Hall–Kier alpha value is -0.120. The molecule has 0 saturated carbocycles. The number of nitrogens with two attached hydrogens (primary N) is 2. The van der Waals surface area contributed by atoms with E-state index in [2.05, 4.69) is 19.2 Å². The van der Waals surface area contributed by atoms with Crippen LogP contribution in [0.3, 0.4) is 0 Å². The van der Waals surface area contributed by atoms with Crippen molar-refractivity contribution in [3.05, 3.63) is 0 Å². The molecule has 0 spiro atoms. The van der Waals surface area contributed by atoms with Gasteiger partial charge in [-0.05, 0) is 51.6 Å². The third-order valence-electron chi connectivity index (χ3n) is 7.80. The van der Waals surface area contributed by atoms with Crippen LogP contribution in [0, 0.1) is 0 Å². The number of rotatable bonds is 30. The molecule has 0 aliphatic heterocycles. The summed E-state index contributed by atoms with van der Waals surface area (Å²) >= 11 is 0. The van der Waals surface area contributed by atoms with E-state index in [4.69, 9.17) is 11.5 Å². The van der Waals surface area contributed by atoms with Gasteiger partial charge in [-0.15, -0.1) is 0 Å². The van der Waals surface area contributed by atoms with Crippen LogP contribution in [0.15, 0.2) is 0 Å². The monoisotopic (exact) mass is 496 g/mol. The predicted molar refractivity (Wildman–Crippen MR) is 160 cm³/mol. The SMILES string of the molecule is CCCCCCCCCCCCC(CCCN)NC(CCCN)CCCCCCCCCCCC. The molecule has 0 aliphatic carbocycles. The van der Waals surface area contributed by atoms with E-state index >= 15 is 0 Å². The Bertz CT molecular complexity index is 340. The van der Waals surface area contributed by atoms with Gasteiger partial charge in [-0.1, -0.05) is 142 Å². The average Bonchev–Trinajstić information content (AvgIpc) is 2.87. The van der Waals surface area contributed by atoms with Crippen LogP contribution in [0.2, 0.25) is 0 Å². The Morgan fingerprint density at radius 1 is 0.371 bits per heavy atom. The number of nitrogens with one attached hydrogen (secondary N) is 1. The molecule has 0 aromatic heterocycles. The minimum absolute atomic E-state index is 0.651. The Kier molecular flexibility index (Phi) is 30.0. The van der Waals surface area contributed by atoms with Gasteiger partial charge in [0.25, 0.3) is 0 Å². The average molecular weight is 496 g/mol. The fourth-order valence-corrected chi connectivity index (χ4v) is 5.44. The first-order valence-corrected chi connectivity index (χ1v) is 16.4. The zero-order valence-electron chi connectivity index (χ0n) is 24.6. The first kappa shape index (κ1) is 34.9. The fraction of sp³-hybridized carbons (Fsp3) is 1.00. The van der Waals surface area contributed by atoms with Gasteiger partial charge in [0.15, 0.2) is 0 Å². The lowest BCUT2D eigenvalue weighted by atomic mass is 9.97. The molecule has 0 fully saturated rings. The Labute approximate surface area is 222 Å². The molecule has 2 atom stereocenters. The van der Waals surface area contributed by atoms with Crippen LogP contribution in [0.4, 0.5) is 0 Å². The highest BCUT2D eigenvalue weighted by Crippen LogP contribution is 2.17. The van der Waals surface area contributed by atoms with E-state index in [0.717, 1.165) is 25.9 Å². The lowest BCUT2D eigenvalue weighted by molar-refractivity contribution is 0.336. The normalized spacial score (nSPS) is 13.4. The van der Waals surface area contributed by atoms with Gasteiger partial charge < -0.3 is 16.8 Å². The Morgan fingerprint density at radius 2 is 0.629 bits per heavy atom. The molecule has 0 aromatic carbocycles. The number of unbranched alkanes of at least 4 members (excludes halogenated alkanes) is 18. The lowest BCUT2D eigenvalue weighted by Crippen LogP contribution is -2.39. The van der Waals surface area contributed by atoms with E-state index in [-0.39, 0.29) is 0 Å². The Morgan fingerprint density at radius 3 is 0.914 bits per heavy atom. The van der Waals surface area contributed by atoms with Crippen molar-refractivity contribution in [2.24, 2.45) is 11.5 Å². The highest BCUT2D eigenvalue weighted by Gasteiger charge is 2.15. The molecule has 3 nitrogen and oxygen atoms in total. The third kappa shape index (κ3) is 26.7. The van der Waals surface area contributed by atoms with Gasteiger partial charge >= 0.3 is 0 Å². The second-order valence-electron chi connectivity index (χ2n) is 11.4. The topological polar surface area (TPSA) is 64.1 Å². The standard InChI is InChI=1S/C32H69N3/c1-3-5-7-9-11-13-15-17-19-21-25-31(27-23-29-33)35-32(28-24-30-34)26-22-20-18-16-14-12-10-8-6-4-2/h31-32,35H,3-30,33-34H2,1-2H3. The van der Waals surface area contributed by atoms with Crippen LogP contribution in [0.5, 0.6) is 0 Å². The summed E-state index contributed by atoms with van der Waals surface area (Å²) in [6, 6.07) is 1.30. The predicted octanol–water partition coefficient (Wildman–Crippen LogP) is 9.41. The van der Waals surface area contributed by atoms with E-state index in [0.29, 0.717) is 12.1 Å².